The number of pyridine rings is 1. The standard InChI is InChI=1S/C18H16N6O3/c25-18(22(15-5-6-15)10-14-3-1-2-8-20-14)13-4-7-16(17(9-13)24(26)27)23-12-19-11-21-23/h1-4,7-9,11-12,15H,5-6,10H2. The molecule has 1 aliphatic carbocycles. The minimum absolute atomic E-state index is 0.147. The van der Waals surface area contributed by atoms with Crippen molar-refractivity contribution in [2.75, 3.05) is 0 Å². The van der Waals surface area contributed by atoms with Crippen LogP contribution in [0.2, 0.25) is 0 Å². The van der Waals surface area contributed by atoms with Crippen LogP contribution in [0.4, 0.5) is 5.69 Å². The topological polar surface area (TPSA) is 107 Å². The molecular formula is C18H16N6O3. The Balaban J connectivity index is 1.66. The smallest absolute Gasteiger partial charge is 0.295 e. The molecule has 27 heavy (non-hydrogen) atoms. The number of aromatic nitrogens is 4. The summed E-state index contributed by atoms with van der Waals surface area (Å²) in [6.07, 6.45) is 6.21. The molecular weight excluding hydrogens is 348 g/mol. The molecule has 136 valence electrons. The molecule has 2 aromatic heterocycles. The summed E-state index contributed by atoms with van der Waals surface area (Å²) >= 11 is 0. The van der Waals surface area contributed by atoms with Gasteiger partial charge in [-0.1, -0.05) is 6.07 Å². The molecule has 1 amide bonds. The first-order valence-electron chi connectivity index (χ1n) is 8.48. The lowest BCUT2D eigenvalue weighted by Crippen LogP contribution is -2.33. The molecule has 1 aliphatic rings. The summed E-state index contributed by atoms with van der Waals surface area (Å²) in [6.45, 7) is 0.378. The quantitative estimate of drug-likeness (QED) is 0.491. The average Bonchev–Trinajstić information content (AvgIpc) is 3.39. The molecule has 3 aromatic rings. The van der Waals surface area contributed by atoms with Crippen molar-refractivity contribution >= 4 is 11.6 Å². The molecule has 0 saturated heterocycles. The fraction of sp³-hybridized carbons (Fsp3) is 0.222. The van der Waals surface area contributed by atoms with Crippen LogP contribution in [-0.2, 0) is 6.54 Å². The van der Waals surface area contributed by atoms with Crippen LogP contribution in [0.1, 0.15) is 28.9 Å². The van der Waals surface area contributed by atoms with E-state index < -0.39 is 4.92 Å². The van der Waals surface area contributed by atoms with E-state index in [4.69, 9.17) is 0 Å². The number of carbonyl (C=O) groups excluding carboxylic acids is 1. The van der Waals surface area contributed by atoms with Crippen molar-refractivity contribution in [3.05, 3.63) is 76.6 Å². The van der Waals surface area contributed by atoms with Gasteiger partial charge in [-0.3, -0.25) is 19.9 Å². The minimum Gasteiger partial charge on any atom is -0.330 e. The lowest BCUT2D eigenvalue weighted by Gasteiger charge is -2.22. The van der Waals surface area contributed by atoms with Gasteiger partial charge in [0.25, 0.3) is 11.6 Å². The number of nitro groups is 1. The number of nitro benzene ring substituents is 1. The molecule has 0 atom stereocenters. The highest BCUT2D eigenvalue weighted by molar-refractivity contribution is 5.95. The van der Waals surface area contributed by atoms with E-state index in [1.807, 2.05) is 18.2 Å². The van der Waals surface area contributed by atoms with Gasteiger partial charge in [-0.25, -0.2) is 9.67 Å². The van der Waals surface area contributed by atoms with Crippen molar-refractivity contribution in [3.8, 4) is 5.69 Å². The Morgan fingerprint density at radius 2 is 2.15 bits per heavy atom. The van der Waals surface area contributed by atoms with E-state index in [1.54, 1.807) is 17.2 Å². The number of hydrogen-bond donors (Lipinski definition) is 0. The summed E-state index contributed by atoms with van der Waals surface area (Å²) in [4.78, 5) is 33.9. The van der Waals surface area contributed by atoms with E-state index in [-0.39, 0.29) is 28.9 Å². The largest absolute Gasteiger partial charge is 0.330 e. The number of rotatable bonds is 6. The average molecular weight is 364 g/mol. The molecule has 0 aliphatic heterocycles. The molecule has 9 heteroatoms. The maximum atomic E-state index is 13.0. The van der Waals surface area contributed by atoms with E-state index in [0.29, 0.717) is 6.54 Å². The van der Waals surface area contributed by atoms with Crippen LogP contribution in [0.5, 0.6) is 0 Å². The van der Waals surface area contributed by atoms with Crippen LogP contribution in [0.25, 0.3) is 5.69 Å². The van der Waals surface area contributed by atoms with Gasteiger partial charge in [-0.05, 0) is 37.1 Å². The Morgan fingerprint density at radius 3 is 2.78 bits per heavy atom. The van der Waals surface area contributed by atoms with Crippen LogP contribution in [0, 0.1) is 10.1 Å². The number of nitrogens with zero attached hydrogens (tertiary/aromatic N) is 6. The highest BCUT2D eigenvalue weighted by Crippen LogP contribution is 2.31. The van der Waals surface area contributed by atoms with Crippen molar-refractivity contribution in [2.45, 2.75) is 25.4 Å². The molecule has 0 radical (unpaired) electrons. The molecule has 0 bridgehead atoms. The Labute approximate surface area is 154 Å². The third kappa shape index (κ3) is 3.52. The summed E-state index contributed by atoms with van der Waals surface area (Å²) in [6, 6.07) is 10.1. The van der Waals surface area contributed by atoms with Crippen molar-refractivity contribution in [2.24, 2.45) is 0 Å². The molecule has 2 heterocycles. The molecule has 1 saturated carbocycles. The van der Waals surface area contributed by atoms with E-state index in [0.717, 1.165) is 18.5 Å². The molecule has 1 aromatic carbocycles. The molecule has 1 fully saturated rings. The zero-order valence-electron chi connectivity index (χ0n) is 14.3. The van der Waals surface area contributed by atoms with E-state index in [9.17, 15) is 14.9 Å². The van der Waals surface area contributed by atoms with Crippen LogP contribution in [-0.4, -0.2) is 41.5 Å². The fourth-order valence-electron chi connectivity index (χ4n) is 2.91. The van der Waals surface area contributed by atoms with Gasteiger partial charge >= 0.3 is 0 Å². The number of benzene rings is 1. The highest BCUT2D eigenvalue weighted by atomic mass is 16.6. The highest BCUT2D eigenvalue weighted by Gasteiger charge is 2.34. The number of amides is 1. The normalized spacial score (nSPS) is 13.3. The monoisotopic (exact) mass is 364 g/mol. The van der Waals surface area contributed by atoms with Crippen molar-refractivity contribution in [1.29, 1.82) is 0 Å². The summed E-state index contributed by atoms with van der Waals surface area (Å²) < 4.78 is 1.30. The summed E-state index contributed by atoms with van der Waals surface area (Å²) in [5.41, 5.74) is 1.12. The Morgan fingerprint density at radius 1 is 1.30 bits per heavy atom. The predicted octanol–water partition coefficient (Wildman–Crippen LogP) is 2.38. The summed E-state index contributed by atoms with van der Waals surface area (Å²) in [5, 5.41) is 15.4. The van der Waals surface area contributed by atoms with E-state index in [2.05, 4.69) is 15.1 Å². The molecule has 0 unspecified atom stereocenters. The maximum Gasteiger partial charge on any atom is 0.295 e. The third-order valence-corrected chi connectivity index (χ3v) is 4.39. The first-order valence-corrected chi connectivity index (χ1v) is 8.48. The Bertz CT molecular complexity index is 970. The number of carbonyl (C=O) groups is 1. The van der Waals surface area contributed by atoms with E-state index >= 15 is 0 Å². The van der Waals surface area contributed by atoms with Crippen LogP contribution < -0.4 is 0 Å². The van der Waals surface area contributed by atoms with Crippen molar-refractivity contribution in [3.63, 3.8) is 0 Å². The zero-order valence-corrected chi connectivity index (χ0v) is 14.3. The summed E-state index contributed by atoms with van der Waals surface area (Å²) in [7, 11) is 0. The Kier molecular flexibility index (Phi) is 4.33. The molecule has 0 N–H and O–H groups in total. The van der Waals surface area contributed by atoms with Gasteiger partial charge in [-0.15, -0.1) is 0 Å². The van der Waals surface area contributed by atoms with Gasteiger partial charge in [0.2, 0.25) is 0 Å². The van der Waals surface area contributed by atoms with Gasteiger partial charge in [-0.2, -0.15) is 5.10 Å². The SMILES string of the molecule is O=C(c1ccc(-n2cncn2)c([N+](=O)[O-])c1)N(Cc1ccccn1)C1CC1. The van der Waals surface area contributed by atoms with Crippen molar-refractivity contribution in [1.82, 2.24) is 24.6 Å². The van der Waals surface area contributed by atoms with Gasteiger partial charge in [0.15, 0.2) is 0 Å². The second kappa shape index (κ2) is 6.94. The fourth-order valence-corrected chi connectivity index (χ4v) is 2.91. The predicted molar refractivity (Wildman–Crippen MR) is 95.1 cm³/mol. The molecule has 9 nitrogen and oxygen atoms in total. The van der Waals surface area contributed by atoms with Crippen molar-refractivity contribution < 1.29 is 9.72 Å². The van der Waals surface area contributed by atoms with Crippen LogP contribution >= 0.6 is 0 Å². The van der Waals surface area contributed by atoms with Gasteiger partial charge in [0.05, 0.1) is 17.2 Å². The number of hydrogen-bond acceptors (Lipinski definition) is 6. The first-order chi connectivity index (χ1) is 13.1. The lowest BCUT2D eigenvalue weighted by atomic mass is 10.1. The molecule has 4 rings (SSSR count). The third-order valence-electron chi connectivity index (χ3n) is 4.39. The minimum atomic E-state index is -0.520. The second-order valence-electron chi connectivity index (χ2n) is 6.29. The maximum absolute atomic E-state index is 13.0. The van der Waals surface area contributed by atoms with Gasteiger partial charge in [0, 0.05) is 23.9 Å². The summed E-state index contributed by atoms with van der Waals surface area (Å²) in [5.74, 6) is -0.239. The van der Waals surface area contributed by atoms with Gasteiger partial charge < -0.3 is 4.90 Å². The Hall–Kier alpha value is -3.62. The van der Waals surface area contributed by atoms with Crippen LogP contribution in [0.3, 0.4) is 0 Å². The van der Waals surface area contributed by atoms with E-state index in [1.165, 1.54) is 29.5 Å². The van der Waals surface area contributed by atoms with Crippen LogP contribution in [0.15, 0.2) is 55.2 Å². The second-order valence-corrected chi connectivity index (χ2v) is 6.29. The lowest BCUT2D eigenvalue weighted by molar-refractivity contribution is -0.384. The van der Waals surface area contributed by atoms with Gasteiger partial charge in [0.1, 0.15) is 18.3 Å². The first kappa shape index (κ1) is 16.8. The molecule has 0 spiro atoms. The zero-order chi connectivity index (χ0) is 18.8.